The maximum atomic E-state index is 12.6. The minimum Gasteiger partial charge on any atom is -0.449 e. The number of nitrogens with zero attached hydrogens (tertiary/aromatic N) is 1. The van der Waals surface area contributed by atoms with E-state index in [1.54, 1.807) is 36.1 Å². The van der Waals surface area contributed by atoms with E-state index in [2.05, 4.69) is 15.9 Å². The Morgan fingerprint density at radius 1 is 1.13 bits per heavy atom. The SMILES string of the molecule is C[C@H](OC(=O)c1ccc(Br)cc1)C(=O)N1CCc2ccccc21. The molecule has 0 aliphatic carbocycles. The first kappa shape index (κ1) is 15.7. The lowest BCUT2D eigenvalue weighted by atomic mass is 10.2. The Morgan fingerprint density at radius 3 is 2.57 bits per heavy atom. The van der Waals surface area contributed by atoms with E-state index < -0.39 is 12.1 Å². The van der Waals surface area contributed by atoms with Gasteiger partial charge < -0.3 is 9.64 Å². The maximum Gasteiger partial charge on any atom is 0.338 e. The third-order valence-corrected chi connectivity index (χ3v) is 4.39. The summed E-state index contributed by atoms with van der Waals surface area (Å²) in [6.45, 7) is 2.23. The summed E-state index contributed by atoms with van der Waals surface area (Å²) >= 11 is 3.32. The average molecular weight is 374 g/mol. The molecular formula is C18H16BrNO3. The number of carbonyl (C=O) groups is 2. The molecule has 1 aliphatic rings. The van der Waals surface area contributed by atoms with E-state index in [4.69, 9.17) is 4.74 Å². The third kappa shape index (κ3) is 3.29. The van der Waals surface area contributed by atoms with Gasteiger partial charge in [-0.1, -0.05) is 34.1 Å². The second-order valence-corrected chi connectivity index (χ2v) is 6.34. The van der Waals surface area contributed by atoms with Crippen LogP contribution in [0.15, 0.2) is 53.0 Å². The largest absolute Gasteiger partial charge is 0.449 e. The van der Waals surface area contributed by atoms with E-state index in [1.165, 1.54) is 0 Å². The molecule has 0 fully saturated rings. The fourth-order valence-corrected chi connectivity index (χ4v) is 2.92. The van der Waals surface area contributed by atoms with E-state index >= 15 is 0 Å². The summed E-state index contributed by atoms with van der Waals surface area (Å²) in [4.78, 5) is 26.4. The number of benzene rings is 2. The molecule has 2 aromatic carbocycles. The van der Waals surface area contributed by atoms with Crippen LogP contribution in [0.1, 0.15) is 22.8 Å². The van der Waals surface area contributed by atoms with Crippen LogP contribution in [0.2, 0.25) is 0 Å². The van der Waals surface area contributed by atoms with Gasteiger partial charge in [0.2, 0.25) is 0 Å². The lowest BCUT2D eigenvalue weighted by molar-refractivity contribution is -0.126. The normalized spacial score (nSPS) is 14.3. The molecule has 1 heterocycles. The van der Waals surface area contributed by atoms with Gasteiger partial charge in [-0.2, -0.15) is 0 Å². The predicted octanol–water partition coefficient (Wildman–Crippen LogP) is 3.58. The van der Waals surface area contributed by atoms with Crippen LogP contribution in [0.3, 0.4) is 0 Å². The van der Waals surface area contributed by atoms with Crippen molar-refractivity contribution in [1.82, 2.24) is 0 Å². The van der Waals surface area contributed by atoms with Crippen molar-refractivity contribution in [2.75, 3.05) is 11.4 Å². The maximum absolute atomic E-state index is 12.6. The van der Waals surface area contributed by atoms with Crippen molar-refractivity contribution in [3.8, 4) is 0 Å². The summed E-state index contributed by atoms with van der Waals surface area (Å²) in [5.74, 6) is -0.689. The molecule has 0 spiro atoms. The summed E-state index contributed by atoms with van der Waals surface area (Å²) in [7, 11) is 0. The number of carbonyl (C=O) groups excluding carboxylic acids is 2. The minimum atomic E-state index is -0.822. The van der Waals surface area contributed by atoms with Crippen LogP contribution in [0, 0.1) is 0 Å². The molecule has 1 aliphatic heterocycles. The number of hydrogen-bond acceptors (Lipinski definition) is 3. The van der Waals surface area contributed by atoms with Gasteiger partial charge in [0, 0.05) is 16.7 Å². The first-order valence-electron chi connectivity index (χ1n) is 7.42. The molecule has 0 saturated carbocycles. The summed E-state index contributed by atoms with van der Waals surface area (Å²) < 4.78 is 6.20. The van der Waals surface area contributed by atoms with Gasteiger partial charge in [0.05, 0.1) is 5.56 Å². The molecule has 0 radical (unpaired) electrons. The summed E-state index contributed by atoms with van der Waals surface area (Å²) in [6.07, 6.45) is 0.00672. The van der Waals surface area contributed by atoms with Crippen LogP contribution in [0.25, 0.3) is 0 Å². The first-order chi connectivity index (χ1) is 11.1. The quantitative estimate of drug-likeness (QED) is 0.772. The smallest absolute Gasteiger partial charge is 0.338 e. The highest BCUT2D eigenvalue weighted by atomic mass is 79.9. The highest BCUT2D eigenvalue weighted by molar-refractivity contribution is 9.10. The zero-order valence-corrected chi connectivity index (χ0v) is 14.2. The number of esters is 1. The standard InChI is InChI=1S/C18H16BrNO3/c1-12(23-18(22)14-6-8-15(19)9-7-14)17(21)20-11-10-13-4-2-3-5-16(13)20/h2-9,12H,10-11H2,1H3/t12-/m0/s1. The van der Waals surface area contributed by atoms with Gasteiger partial charge in [0.15, 0.2) is 6.10 Å². The first-order valence-corrected chi connectivity index (χ1v) is 8.21. The van der Waals surface area contributed by atoms with Crippen molar-refractivity contribution in [1.29, 1.82) is 0 Å². The van der Waals surface area contributed by atoms with Crippen molar-refractivity contribution < 1.29 is 14.3 Å². The van der Waals surface area contributed by atoms with Crippen molar-refractivity contribution in [2.45, 2.75) is 19.4 Å². The highest BCUT2D eigenvalue weighted by Gasteiger charge is 2.29. The molecule has 0 unspecified atom stereocenters. The van der Waals surface area contributed by atoms with Crippen molar-refractivity contribution in [2.24, 2.45) is 0 Å². The van der Waals surface area contributed by atoms with Crippen molar-refractivity contribution >= 4 is 33.5 Å². The summed E-state index contributed by atoms with van der Waals surface area (Å²) in [5, 5.41) is 0. The van der Waals surface area contributed by atoms with Gasteiger partial charge in [0.25, 0.3) is 5.91 Å². The number of rotatable bonds is 3. The van der Waals surface area contributed by atoms with Crippen LogP contribution in [-0.4, -0.2) is 24.5 Å². The topological polar surface area (TPSA) is 46.6 Å². The molecule has 2 aromatic rings. The van der Waals surface area contributed by atoms with Gasteiger partial charge in [-0.15, -0.1) is 0 Å². The Kier molecular flexibility index (Phi) is 4.48. The Labute approximate surface area is 143 Å². The van der Waals surface area contributed by atoms with Gasteiger partial charge >= 0.3 is 5.97 Å². The Bertz CT molecular complexity index is 742. The highest BCUT2D eigenvalue weighted by Crippen LogP contribution is 2.28. The lowest BCUT2D eigenvalue weighted by Gasteiger charge is -2.21. The molecule has 0 bridgehead atoms. The second kappa shape index (κ2) is 6.54. The van der Waals surface area contributed by atoms with Crippen molar-refractivity contribution in [3.63, 3.8) is 0 Å². The number of ether oxygens (including phenoxy) is 1. The van der Waals surface area contributed by atoms with Crippen LogP contribution in [0.4, 0.5) is 5.69 Å². The average Bonchev–Trinajstić information content (AvgIpc) is 2.98. The number of para-hydroxylation sites is 1. The predicted molar refractivity (Wildman–Crippen MR) is 91.5 cm³/mol. The molecule has 3 rings (SSSR count). The number of anilines is 1. The molecule has 0 N–H and O–H groups in total. The van der Waals surface area contributed by atoms with Crippen LogP contribution < -0.4 is 4.90 Å². The minimum absolute atomic E-state index is 0.194. The van der Waals surface area contributed by atoms with E-state index in [1.807, 2.05) is 24.3 Å². The van der Waals surface area contributed by atoms with E-state index in [9.17, 15) is 9.59 Å². The summed E-state index contributed by atoms with van der Waals surface area (Å²) in [5.41, 5.74) is 2.48. The van der Waals surface area contributed by atoms with Crippen LogP contribution in [-0.2, 0) is 16.0 Å². The second-order valence-electron chi connectivity index (χ2n) is 5.42. The van der Waals surface area contributed by atoms with E-state index in [0.717, 1.165) is 22.1 Å². The number of halogens is 1. The Balaban J connectivity index is 1.69. The lowest BCUT2D eigenvalue weighted by Crippen LogP contribution is -2.39. The van der Waals surface area contributed by atoms with Crippen LogP contribution in [0.5, 0.6) is 0 Å². The summed E-state index contributed by atoms with van der Waals surface area (Å²) in [6, 6.07) is 14.7. The molecule has 23 heavy (non-hydrogen) atoms. The molecule has 5 heteroatoms. The zero-order valence-electron chi connectivity index (χ0n) is 12.7. The van der Waals surface area contributed by atoms with E-state index in [-0.39, 0.29) is 5.91 Å². The van der Waals surface area contributed by atoms with Gasteiger partial charge in [-0.05, 0) is 49.2 Å². The zero-order chi connectivity index (χ0) is 16.4. The fraction of sp³-hybridized carbons (Fsp3) is 0.222. The Hall–Kier alpha value is -2.14. The van der Waals surface area contributed by atoms with E-state index in [0.29, 0.717) is 12.1 Å². The molecule has 118 valence electrons. The molecule has 0 aromatic heterocycles. The third-order valence-electron chi connectivity index (χ3n) is 3.86. The van der Waals surface area contributed by atoms with Gasteiger partial charge in [-0.3, -0.25) is 4.79 Å². The molecule has 1 amide bonds. The number of amides is 1. The fourth-order valence-electron chi connectivity index (χ4n) is 2.65. The molecule has 0 saturated heterocycles. The molecule has 1 atom stereocenters. The monoisotopic (exact) mass is 373 g/mol. The van der Waals surface area contributed by atoms with Gasteiger partial charge in [0.1, 0.15) is 0 Å². The number of fused-ring (bicyclic) bond motifs is 1. The van der Waals surface area contributed by atoms with Crippen molar-refractivity contribution in [3.05, 3.63) is 64.1 Å². The number of hydrogen-bond donors (Lipinski definition) is 0. The van der Waals surface area contributed by atoms with Gasteiger partial charge in [-0.25, -0.2) is 4.79 Å². The van der Waals surface area contributed by atoms with Crippen LogP contribution >= 0.6 is 15.9 Å². The Morgan fingerprint density at radius 2 is 1.83 bits per heavy atom. The molecule has 4 nitrogen and oxygen atoms in total. The molecular weight excluding hydrogens is 358 g/mol.